The highest BCUT2D eigenvalue weighted by atomic mass is 16.5. The fraction of sp³-hybridized carbons (Fsp3) is 0.333. The summed E-state index contributed by atoms with van der Waals surface area (Å²) < 4.78 is 9.58. The van der Waals surface area contributed by atoms with Crippen molar-refractivity contribution in [3.05, 3.63) is 60.7 Å². The van der Waals surface area contributed by atoms with Crippen molar-refractivity contribution >= 4 is 12.1 Å². The normalized spacial score (nSPS) is 13.1. The minimum atomic E-state index is -0.507. The van der Waals surface area contributed by atoms with Gasteiger partial charge in [0.1, 0.15) is 6.61 Å². The third-order valence-electron chi connectivity index (χ3n) is 3.24. The molecular weight excluding hydrogens is 294 g/mol. The highest BCUT2D eigenvalue weighted by Crippen LogP contribution is 2.23. The molecule has 0 aliphatic heterocycles. The average molecular weight is 317 g/mol. The van der Waals surface area contributed by atoms with Gasteiger partial charge in [0.25, 0.3) is 0 Å². The molecule has 1 rings (SSSR count). The third-order valence-corrected chi connectivity index (χ3v) is 3.24. The van der Waals surface area contributed by atoms with Crippen LogP contribution in [0.4, 0.5) is 4.79 Å². The van der Waals surface area contributed by atoms with E-state index in [0.29, 0.717) is 0 Å². The van der Waals surface area contributed by atoms with Gasteiger partial charge < -0.3 is 14.8 Å². The predicted octanol–water partition coefficient (Wildman–Crippen LogP) is 3.40. The van der Waals surface area contributed by atoms with Crippen LogP contribution in [0.1, 0.15) is 24.9 Å². The molecule has 1 N–H and O–H groups in total. The second-order valence-electron chi connectivity index (χ2n) is 4.99. The van der Waals surface area contributed by atoms with Gasteiger partial charge in [-0.2, -0.15) is 0 Å². The average Bonchev–Trinajstić information content (AvgIpc) is 2.58. The Balaban J connectivity index is 2.80. The van der Waals surface area contributed by atoms with Gasteiger partial charge in [-0.1, -0.05) is 62.1 Å². The lowest BCUT2D eigenvalue weighted by Crippen LogP contribution is -2.32. The number of hydrogen-bond acceptors (Lipinski definition) is 4. The van der Waals surface area contributed by atoms with Crippen LogP contribution in [-0.2, 0) is 14.3 Å². The van der Waals surface area contributed by atoms with Crippen molar-refractivity contribution in [1.82, 2.24) is 5.32 Å². The first-order valence-electron chi connectivity index (χ1n) is 7.41. The van der Waals surface area contributed by atoms with Gasteiger partial charge in [0.15, 0.2) is 0 Å². The first-order valence-corrected chi connectivity index (χ1v) is 7.41. The summed E-state index contributed by atoms with van der Waals surface area (Å²) in [6.07, 6.45) is 4.82. The van der Waals surface area contributed by atoms with E-state index in [1.807, 2.05) is 43.3 Å². The second-order valence-corrected chi connectivity index (χ2v) is 4.99. The summed E-state index contributed by atoms with van der Waals surface area (Å²) in [5, 5.41) is 2.84. The number of esters is 1. The summed E-state index contributed by atoms with van der Waals surface area (Å²) in [6.45, 7) is 5.62. The van der Waals surface area contributed by atoms with E-state index in [9.17, 15) is 9.59 Å². The van der Waals surface area contributed by atoms with E-state index < -0.39 is 6.09 Å². The highest BCUT2D eigenvalue weighted by Gasteiger charge is 2.20. The van der Waals surface area contributed by atoms with E-state index in [4.69, 9.17) is 4.74 Å². The van der Waals surface area contributed by atoms with E-state index >= 15 is 0 Å². The maximum absolute atomic E-state index is 11.8. The number of benzene rings is 1. The summed E-state index contributed by atoms with van der Waals surface area (Å²) in [7, 11) is 1.35. The van der Waals surface area contributed by atoms with Gasteiger partial charge in [-0.05, 0) is 11.5 Å². The number of methoxy groups -OCH3 is 1. The van der Waals surface area contributed by atoms with Crippen molar-refractivity contribution in [2.24, 2.45) is 5.92 Å². The quantitative estimate of drug-likeness (QED) is 0.589. The fourth-order valence-corrected chi connectivity index (χ4v) is 2.06. The Morgan fingerprint density at radius 3 is 2.61 bits per heavy atom. The first-order chi connectivity index (χ1) is 11.1. The zero-order valence-electron chi connectivity index (χ0n) is 13.5. The Labute approximate surface area is 137 Å². The molecule has 0 heterocycles. The van der Waals surface area contributed by atoms with Crippen LogP contribution in [0.2, 0.25) is 0 Å². The van der Waals surface area contributed by atoms with E-state index in [-0.39, 0.29) is 31.0 Å². The van der Waals surface area contributed by atoms with Crippen molar-refractivity contribution in [3.63, 3.8) is 0 Å². The van der Waals surface area contributed by atoms with Gasteiger partial charge in [-0.15, -0.1) is 0 Å². The smallest absolute Gasteiger partial charge is 0.407 e. The van der Waals surface area contributed by atoms with Crippen LogP contribution in [0.25, 0.3) is 0 Å². The lowest BCUT2D eigenvalue weighted by atomic mass is 9.94. The molecule has 0 bridgehead atoms. The summed E-state index contributed by atoms with van der Waals surface area (Å²) in [5.74, 6) is -0.332. The largest absolute Gasteiger partial charge is 0.469 e. The molecule has 0 spiro atoms. The second kappa shape index (κ2) is 10.2. The molecule has 1 aromatic rings. The number of nitrogens with one attached hydrogen (secondary N) is 1. The number of carbonyl (C=O) groups excluding carboxylic acids is 2. The molecule has 0 unspecified atom stereocenters. The van der Waals surface area contributed by atoms with Crippen LogP contribution in [-0.4, -0.2) is 25.8 Å². The highest BCUT2D eigenvalue weighted by molar-refractivity contribution is 5.71. The molecule has 0 saturated heterocycles. The van der Waals surface area contributed by atoms with Gasteiger partial charge in [0, 0.05) is 0 Å². The number of hydrogen-bond donors (Lipinski definition) is 1. The first kappa shape index (κ1) is 18.5. The number of rotatable bonds is 8. The molecule has 5 heteroatoms. The summed E-state index contributed by atoms with van der Waals surface area (Å²) in [4.78, 5) is 23.0. The minimum absolute atomic E-state index is 0.0293. The van der Waals surface area contributed by atoms with Crippen LogP contribution in [0.5, 0.6) is 0 Å². The zero-order chi connectivity index (χ0) is 17.1. The molecular formula is C18H23NO4. The van der Waals surface area contributed by atoms with Crippen LogP contribution in [0, 0.1) is 5.92 Å². The Kier molecular flexibility index (Phi) is 8.21. The molecule has 2 atom stereocenters. The van der Waals surface area contributed by atoms with Crippen molar-refractivity contribution in [3.8, 4) is 0 Å². The molecule has 0 aromatic heterocycles. The van der Waals surface area contributed by atoms with Gasteiger partial charge in [0.05, 0.1) is 19.6 Å². The van der Waals surface area contributed by atoms with Crippen molar-refractivity contribution in [2.75, 3.05) is 13.7 Å². The molecule has 0 saturated carbocycles. The monoisotopic (exact) mass is 317 g/mol. The van der Waals surface area contributed by atoms with Crippen LogP contribution < -0.4 is 5.32 Å². The molecule has 1 aromatic carbocycles. The topological polar surface area (TPSA) is 64.6 Å². The minimum Gasteiger partial charge on any atom is -0.469 e. The van der Waals surface area contributed by atoms with E-state index in [0.717, 1.165) is 5.56 Å². The Morgan fingerprint density at radius 2 is 2.00 bits per heavy atom. The van der Waals surface area contributed by atoms with Crippen LogP contribution >= 0.6 is 0 Å². The Morgan fingerprint density at radius 1 is 1.30 bits per heavy atom. The summed E-state index contributed by atoms with van der Waals surface area (Å²) in [6, 6.07) is 9.33. The zero-order valence-corrected chi connectivity index (χ0v) is 13.5. The third kappa shape index (κ3) is 6.82. The molecule has 5 nitrogen and oxygen atoms in total. The number of carbonyl (C=O) groups is 2. The molecule has 0 radical (unpaired) electrons. The maximum Gasteiger partial charge on any atom is 0.407 e. The molecule has 0 fully saturated rings. The Hall–Kier alpha value is -2.56. The number of alkyl carbamates (subject to hydrolysis) is 1. The van der Waals surface area contributed by atoms with E-state index in [2.05, 4.69) is 16.6 Å². The lowest BCUT2D eigenvalue weighted by molar-refractivity contribution is -0.139. The maximum atomic E-state index is 11.8. The predicted molar refractivity (Wildman–Crippen MR) is 88.8 cm³/mol. The summed E-state index contributed by atoms with van der Waals surface area (Å²) >= 11 is 0. The molecule has 124 valence electrons. The van der Waals surface area contributed by atoms with Crippen molar-refractivity contribution in [2.45, 2.75) is 19.4 Å². The SMILES string of the molecule is C=CCOC(=O)N[C@H](c1ccccc1)[C@H](C)C=CCC(=O)OC. The van der Waals surface area contributed by atoms with Crippen molar-refractivity contribution < 1.29 is 19.1 Å². The van der Waals surface area contributed by atoms with Gasteiger partial charge in [-0.25, -0.2) is 4.79 Å². The van der Waals surface area contributed by atoms with Crippen LogP contribution in [0.3, 0.4) is 0 Å². The molecule has 1 amide bonds. The standard InChI is InChI=1S/C18H23NO4/c1-4-13-23-18(21)19-17(15-10-6-5-7-11-15)14(2)9-8-12-16(20)22-3/h4-11,14,17H,1,12-13H2,2-3H3,(H,19,21)/t14-,17+/m1/s1. The van der Waals surface area contributed by atoms with Crippen molar-refractivity contribution in [1.29, 1.82) is 0 Å². The molecule has 0 aliphatic rings. The summed E-state index contributed by atoms with van der Waals surface area (Å²) in [5.41, 5.74) is 0.957. The van der Waals surface area contributed by atoms with Gasteiger partial charge >= 0.3 is 12.1 Å². The van der Waals surface area contributed by atoms with E-state index in [1.165, 1.54) is 13.2 Å². The van der Waals surface area contributed by atoms with E-state index in [1.54, 1.807) is 6.08 Å². The van der Waals surface area contributed by atoms with Gasteiger partial charge in [-0.3, -0.25) is 4.79 Å². The Bertz CT molecular complexity index is 539. The fourth-order valence-electron chi connectivity index (χ4n) is 2.06. The molecule has 0 aliphatic carbocycles. The lowest BCUT2D eigenvalue weighted by Gasteiger charge is -2.23. The number of amides is 1. The van der Waals surface area contributed by atoms with Gasteiger partial charge in [0.2, 0.25) is 0 Å². The van der Waals surface area contributed by atoms with Crippen LogP contribution in [0.15, 0.2) is 55.1 Å². The number of ether oxygens (including phenoxy) is 2. The molecule has 23 heavy (non-hydrogen) atoms.